The maximum Gasteiger partial charge on any atom is 0.246 e. The van der Waals surface area contributed by atoms with Gasteiger partial charge in [0.1, 0.15) is 60.4 Å². The van der Waals surface area contributed by atoms with Gasteiger partial charge >= 0.3 is 0 Å². The van der Waals surface area contributed by atoms with E-state index >= 15 is 9.59 Å². The Morgan fingerprint density at radius 3 is 1.33 bits per heavy atom. The van der Waals surface area contributed by atoms with Gasteiger partial charge in [0, 0.05) is 55.3 Å². The van der Waals surface area contributed by atoms with E-state index in [1.54, 1.807) is 54.5 Å². The molecule has 0 bridgehead atoms. The van der Waals surface area contributed by atoms with Crippen LogP contribution >= 0.6 is 0 Å². The molecule has 0 aromatic heterocycles. The summed E-state index contributed by atoms with van der Waals surface area (Å²) in [4.78, 5) is 177. The number of rotatable bonds is 15. The summed E-state index contributed by atoms with van der Waals surface area (Å²) < 4.78 is 0. The highest BCUT2D eigenvalue weighted by Gasteiger charge is 2.45. The fraction of sp³-hybridized carbons (Fsp3) is 0.781. The average molecular weight is 1260 g/mol. The average Bonchev–Trinajstić information content (AvgIpc) is 0.999. The van der Waals surface area contributed by atoms with E-state index in [9.17, 15) is 48.3 Å². The van der Waals surface area contributed by atoms with Crippen molar-refractivity contribution in [1.29, 1.82) is 0 Å². The molecule has 25 nitrogen and oxygen atoms in total. The highest BCUT2D eigenvalue weighted by molar-refractivity contribution is 5.99. The first-order valence-corrected chi connectivity index (χ1v) is 31.5. The van der Waals surface area contributed by atoms with Crippen LogP contribution in [0.15, 0.2) is 12.2 Å². The van der Waals surface area contributed by atoms with Crippen molar-refractivity contribution in [1.82, 2.24) is 55.6 Å². The fourth-order valence-electron chi connectivity index (χ4n) is 10.7. The van der Waals surface area contributed by atoms with E-state index in [2.05, 4.69) is 21.3 Å². The molecule has 1 aliphatic heterocycles. The largest absolute Gasteiger partial charge is 0.550 e. The summed E-state index contributed by atoms with van der Waals surface area (Å²) in [5.41, 5.74) is 0. The van der Waals surface area contributed by atoms with E-state index in [1.807, 2.05) is 61.5 Å². The van der Waals surface area contributed by atoms with E-state index in [4.69, 9.17) is 9.90 Å². The van der Waals surface area contributed by atoms with Crippen molar-refractivity contribution >= 4 is 70.9 Å². The van der Waals surface area contributed by atoms with Crippen LogP contribution in [0.5, 0.6) is 0 Å². The van der Waals surface area contributed by atoms with Crippen LogP contribution < -0.4 is 26.4 Å². The Balaban J connectivity index is 0.0000187. The predicted octanol–water partition coefficient (Wildman–Crippen LogP) is 2.03. The SMILES string of the molecule is C/C=C/C[C@@H](C)[C@@H](O)[C@H]1C(=O)N[C@@H](CC)C(=O)N(C)CC(=O)N(C)[C@@H](CC(C)C)C(=O)N[C@@H](C(C)C)C(=O)N(C)[C@@H](CC(C)C)C(=O)N[C@@H](C)C(=O)N[C@H](C)C(=O)N(C)[C@@H](CC(C)C)C(=O)N(C)[C@@H](CC(C)C)C(=O)N(C)[C@@H](C(C)C)C(=O)N1C.CC(=O)[O-]. The number of nitrogens with zero attached hydrogens (tertiary/aromatic N) is 7. The number of carbonyl (C=O) groups is 12. The maximum absolute atomic E-state index is 15.1. The first kappa shape index (κ1) is 82.3. The van der Waals surface area contributed by atoms with Gasteiger partial charge < -0.3 is 70.6 Å². The van der Waals surface area contributed by atoms with Gasteiger partial charge in [-0.2, -0.15) is 0 Å². The molecule has 89 heavy (non-hydrogen) atoms. The summed E-state index contributed by atoms with van der Waals surface area (Å²) in [6, 6.07) is -12.3. The van der Waals surface area contributed by atoms with Crippen LogP contribution in [0.1, 0.15) is 163 Å². The van der Waals surface area contributed by atoms with E-state index in [0.717, 1.165) is 16.7 Å². The second-order valence-electron chi connectivity index (χ2n) is 26.6. The van der Waals surface area contributed by atoms with Gasteiger partial charge in [-0.3, -0.25) is 52.7 Å². The molecule has 1 heterocycles. The van der Waals surface area contributed by atoms with Crippen LogP contribution in [0.3, 0.4) is 0 Å². The van der Waals surface area contributed by atoms with Crippen LogP contribution in [0, 0.1) is 41.4 Å². The summed E-state index contributed by atoms with van der Waals surface area (Å²) in [7, 11) is 9.92. The molecular formula is C64H114N11O14-. The van der Waals surface area contributed by atoms with Gasteiger partial charge in [-0.25, -0.2) is 0 Å². The number of carbonyl (C=O) groups excluding carboxylic acids is 12. The highest BCUT2D eigenvalue weighted by Crippen LogP contribution is 2.26. The van der Waals surface area contributed by atoms with Gasteiger partial charge in [-0.1, -0.05) is 109 Å². The Labute approximate surface area is 531 Å². The smallest absolute Gasteiger partial charge is 0.246 e. The van der Waals surface area contributed by atoms with E-state index in [1.165, 1.54) is 87.7 Å². The minimum absolute atomic E-state index is 0.0229. The van der Waals surface area contributed by atoms with Gasteiger partial charge in [0.25, 0.3) is 0 Å². The zero-order chi connectivity index (χ0) is 69.6. The lowest BCUT2D eigenvalue weighted by molar-refractivity contribution is -0.302. The number of likely N-dealkylation sites (N-methyl/N-ethyl adjacent to an activating group) is 7. The lowest BCUT2D eigenvalue weighted by atomic mass is 9.91. The predicted molar refractivity (Wildman–Crippen MR) is 339 cm³/mol. The number of carboxylic acid groups (broad SMARTS) is 1. The van der Waals surface area contributed by atoms with Crippen molar-refractivity contribution in [3.63, 3.8) is 0 Å². The molecule has 0 saturated carbocycles. The summed E-state index contributed by atoms with van der Waals surface area (Å²) >= 11 is 0. The number of carboxylic acids is 1. The second kappa shape index (κ2) is 38.1. The number of aliphatic hydroxyl groups is 1. The van der Waals surface area contributed by atoms with Gasteiger partial charge in [0.2, 0.25) is 65.0 Å². The topological polar surface area (TPSA) is 319 Å². The van der Waals surface area contributed by atoms with E-state index in [-0.39, 0.29) is 55.8 Å². The molecule has 0 spiro atoms. The zero-order valence-electron chi connectivity index (χ0n) is 58.4. The molecule has 0 radical (unpaired) electrons. The van der Waals surface area contributed by atoms with Crippen LogP contribution in [0.2, 0.25) is 0 Å². The van der Waals surface area contributed by atoms with E-state index in [0.29, 0.717) is 6.42 Å². The van der Waals surface area contributed by atoms with Gasteiger partial charge in [-0.05, 0) is 108 Å². The third-order valence-corrected chi connectivity index (χ3v) is 16.1. The number of nitrogens with one attached hydrogen (secondary N) is 4. The number of amides is 11. The van der Waals surface area contributed by atoms with Crippen molar-refractivity contribution in [2.75, 3.05) is 55.9 Å². The Hall–Kier alpha value is -6.66. The first-order chi connectivity index (χ1) is 40.9. The molecule has 0 unspecified atom stereocenters. The Morgan fingerprint density at radius 2 is 0.899 bits per heavy atom. The Morgan fingerprint density at radius 1 is 0.506 bits per heavy atom. The van der Waals surface area contributed by atoms with Crippen molar-refractivity contribution < 1.29 is 67.7 Å². The van der Waals surface area contributed by atoms with E-state index < -0.39 is 162 Å². The molecule has 12 atom stereocenters. The summed E-state index contributed by atoms with van der Waals surface area (Å²) in [5.74, 6) is -10.8. The second-order valence-corrected chi connectivity index (χ2v) is 26.6. The number of aliphatic carboxylic acids is 1. The van der Waals surface area contributed by atoms with Crippen molar-refractivity contribution in [3.8, 4) is 0 Å². The summed E-state index contributed by atoms with van der Waals surface area (Å²) in [5, 5.41) is 32.0. The number of aliphatic hydroxyl groups excluding tert-OH is 1. The number of hydrogen-bond donors (Lipinski definition) is 5. The third kappa shape index (κ3) is 24.9. The summed E-state index contributed by atoms with van der Waals surface area (Å²) in [6.45, 7) is 30.3. The third-order valence-electron chi connectivity index (χ3n) is 16.1. The minimum Gasteiger partial charge on any atom is -0.550 e. The molecule has 11 amide bonds. The van der Waals surface area contributed by atoms with Crippen LogP contribution in [-0.2, 0) is 57.5 Å². The molecule has 0 aliphatic carbocycles. The molecule has 0 aromatic rings. The monoisotopic (exact) mass is 1260 g/mol. The normalized spacial score (nSPS) is 26.0. The molecule has 1 fully saturated rings. The highest BCUT2D eigenvalue weighted by atomic mass is 16.4. The molecule has 5 N–H and O–H groups in total. The Kier molecular flexibility index (Phi) is 35.3. The first-order valence-electron chi connectivity index (χ1n) is 31.5. The van der Waals surface area contributed by atoms with Crippen LogP contribution in [-0.4, -0.2) is 233 Å². The lowest BCUT2D eigenvalue weighted by Gasteiger charge is -2.41. The maximum atomic E-state index is 15.1. The minimum atomic E-state index is -1.61. The van der Waals surface area contributed by atoms with Crippen LogP contribution in [0.25, 0.3) is 0 Å². The van der Waals surface area contributed by atoms with Crippen molar-refractivity contribution in [2.45, 2.75) is 230 Å². The quantitative estimate of drug-likeness (QED) is 0.147. The molecule has 1 rings (SSSR count). The molecule has 25 heteroatoms. The van der Waals surface area contributed by atoms with Crippen molar-refractivity contribution in [3.05, 3.63) is 12.2 Å². The van der Waals surface area contributed by atoms with Gasteiger partial charge in [-0.15, -0.1) is 0 Å². The fourth-order valence-corrected chi connectivity index (χ4v) is 10.7. The van der Waals surface area contributed by atoms with Gasteiger partial charge in [0.15, 0.2) is 0 Å². The van der Waals surface area contributed by atoms with Gasteiger partial charge in [0.05, 0.1) is 12.6 Å². The van der Waals surface area contributed by atoms with Crippen LogP contribution in [0.4, 0.5) is 0 Å². The molecule has 1 aliphatic rings. The zero-order valence-corrected chi connectivity index (χ0v) is 58.4. The number of hydrogen-bond acceptors (Lipinski definition) is 14. The molecular weight excluding hydrogens is 1150 g/mol. The summed E-state index contributed by atoms with van der Waals surface area (Å²) in [6.07, 6.45) is 3.04. The molecule has 0 aromatic carbocycles. The molecule has 510 valence electrons. The standard InChI is InChI=1S/C62H111N11O12.C2H4O2/c1-25-27-28-40(15)52(75)51-56(79)65-43(26-2)58(81)67(18)33-48(74)68(19)44(29-34(3)4)55(78)66-49(38(11)12)61(84)69(20)45(30-35(5)6)54(77)63-41(16)53(76)64-42(17)57(80)70(21)46(31-36(7)8)59(82)71(22)47(32-37(9)10)60(83)72(23)50(39(13)14)62(85)73(51)24;1-2(3)4/h25,27,34-47,49-52,75H,26,28-33H2,1-24H3,(H,63,77)(H,64,76)(H,65,79)(H,66,78);1H3,(H,3,4)/p-1/b27-25+;/t40-,41+,42-,43+,44+,45+,46+,47+,49+,50+,51+,52-;/m1./s1. The number of allylic oxidation sites excluding steroid dienone is 2. The van der Waals surface area contributed by atoms with Crippen molar-refractivity contribution in [2.24, 2.45) is 41.4 Å². The molecule has 1 saturated heterocycles. The lowest BCUT2D eigenvalue weighted by Crippen LogP contribution is -2.63. The Bertz CT molecular complexity index is 2430.